The van der Waals surface area contributed by atoms with Gasteiger partial charge in [0.2, 0.25) is 5.91 Å². The van der Waals surface area contributed by atoms with Gasteiger partial charge in [-0.05, 0) is 41.8 Å². The molecule has 0 bridgehead atoms. The topological polar surface area (TPSA) is 121 Å². The van der Waals surface area contributed by atoms with Crippen molar-refractivity contribution in [1.29, 1.82) is 5.26 Å². The van der Waals surface area contributed by atoms with E-state index in [0.717, 1.165) is 0 Å². The minimum absolute atomic E-state index is 0.0769. The molecule has 3 rings (SSSR count). The first-order valence-electron chi connectivity index (χ1n) is 12.3. The first kappa shape index (κ1) is 29.4. The number of amides is 2. The lowest BCUT2D eigenvalue weighted by Crippen LogP contribution is -2.46. The maximum Gasteiger partial charge on any atom is 0.408 e. The van der Waals surface area contributed by atoms with Crippen molar-refractivity contribution in [2.45, 2.75) is 44.3 Å². The maximum atomic E-state index is 13.4. The van der Waals surface area contributed by atoms with Gasteiger partial charge < -0.3 is 25.0 Å². The van der Waals surface area contributed by atoms with Gasteiger partial charge in [0.1, 0.15) is 24.5 Å². The summed E-state index contributed by atoms with van der Waals surface area (Å²) >= 11 is 0. The molecule has 2 amide bonds. The van der Waals surface area contributed by atoms with Crippen molar-refractivity contribution in [2.75, 3.05) is 31.6 Å². The van der Waals surface area contributed by atoms with Crippen molar-refractivity contribution in [3.05, 3.63) is 65.5 Å². The molecule has 0 radical (unpaired) electrons. The van der Waals surface area contributed by atoms with Crippen LogP contribution in [0, 0.1) is 17.1 Å². The third-order valence-corrected chi connectivity index (χ3v) is 6.06. The zero-order valence-electron chi connectivity index (χ0n) is 21.1. The zero-order chi connectivity index (χ0) is 28.3. The van der Waals surface area contributed by atoms with Crippen LogP contribution in [0.3, 0.4) is 0 Å². The molecule has 0 saturated carbocycles. The molecule has 208 valence electrons. The second-order valence-corrected chi connectivity index (χ2v) is 9.07. The van der Waals surface area contributed by atoms with Gasteiger partial charge in [0.05, 0.1) is 6.42 Å². The van der Waals surface area contributed by atoms with Gasteiger partial charge >= 0.3 is 12.1 Å². The molecule has 2 aromatic rings. The van der Waals surface area contributed by atoms with E-state index >= 15 is 0 Å². The first-order chi connectivity index (χ1) is 18.6. The summed E-state index contributed by atoms with van der Waals surface area (Å²) < 4.78 is 49.8. The number of hydrogen-bond donors (Lipinski definition) is 2. The fraction of sp³-hybridized carbons (Fsp3) is 0.407. The fourth-order valence-corrected chi connectivity index (χ4v) is 3.88. The van der Waals surface area contributed by atoms with E-state index in [-0.39, 0.29) is 63.6 Å². The molecule has 0 aromatic heterocycles. The highest BCUT2D eigenvalue weighted by Crippen LogP contribution is 2.27. The lowest BCUT2D eigenvalue weighted by Gasteiger charge is -2.32. The SMILES string of the molecule is N#CCOC(=O)[C@H](CCN1CCC(F)(F)CC1)NC(=O)OCc1ccc(NC(=O)Cc2ccc(F)cc2)cc1. The van der Waals surface area contributed by atoms with E-state index in [1.54, 1.807) is 35.2 Å². The Kier molecular flexibility index (Phi) is 10.7. The number of alkyl halides is 2. The number of anilines is 1. The second kappa shape index (κ2) is 14.2. The molecule has 9 nitrogen and oxygen atoms in total. The number of rotatable bonds is 11. The summed E-state index contributed by atoms with van der Waals surface area (Å²) in [6, 6.07) is 12.7. The van der Waals surface area contributed by atoms with Gasteiger partial charge in [0, 0.05) is 38.2 Å². The van der Waals surface area contributed by atoms with Crippen molar-refractivity contribution in [2.24, 2.45) is 0 Å². The Morgan fingerprint density at radius 2 is 1.64 bits per heavy atom. The number of likely N-dealkylation sites (tertiary alicyclic amines) is 1. The Hall–Kier alpha value is -4.11. The van der Waals surface area contributed by atoms with E-state index in [1.165, 1.54) is 24.3 Å². The summed E-state index contributed by atoms with van der Waals surface area (Å²) in [5, 5.41) is 13.8. The largest absolute Gasteiger partial charge is 0.449 e. The van der Waals surface area contributed by atoms with Crippen LogP contribution < -0.4 is 10.6 Å². The highest BCUT2D eigenvalue weighted by Gasteiger charge is 2.34. The predicted octanol–water partition coefficient (Wildman–Crippen LogP) is 3.79. The lowest BCUT2D eigenvalue weighted by molar-refractivity contribution is -0.145. The van der Waals surface area contributed by atoms with Crippen LogP contribution in [0.2, 0.25) is 0 Å². The molecule has 39 heavy (non-hydrogen) atoms. The summed E-state index contributed by atoms with van der Waals surface area (Å²) in [6.45, 7) is -0.0111. The van der Waals surface area contributed by atoms with Crippen LogP contribution in [0.15, 0.2) is 48.5 Å². The van der Waals surface area contributed by atoms with E-state index in [2.05, 4.69) is 10.6 Å². The Morgan fingerprint density at radius 1 is 1.00 bits per heavy atom. The van der Waals surface area contributed by atoms with Gasteiger partial charge in [-0.1, -0.05) is 24.3 Å². The summed E-state index contributed by atoms with van der Waals surface area (Å²) in [7, 11) is 0. The molecule has 1 saturated heterocycles. The smallest absolute Gasteiger partial charge is 0.408 e. The number of piperidine rings is 1. The number of nitrogens with zero attached hydrogens (tertiary/aromatic N) is 2. The number of carbonyl (C=O) groups excluding carboxylic acids is 3. The minimum Gasteiger partial charge on any atom is -0.449 e. The molecule has 1 aliphatic heterocycles. The molecule has 12 heteroatoms. The third-order valence-electron chi connectivity index (χ3n) is 6.06. The normalized spacial score (nSPS) is 15.4. The Balaban J connectivity index is 1.45. The molecule has 2 N–H and O–H groups in total. The maximum absolute atomic E-state index is 13.4. The van der Waals surface area contributed by atoms with Crippen LogP contribution >= 0.6 is 0 Å². The van der Waals surface area contributed by atoms with Gasteiger partial charge in [-0.15, -0.1) is 0 Å². The number of esters is 1. The quantitative estimate of drug-likeness (QED) is 0.412. The number of nitriles is 1. The van der Waals surface area contributed by atoms with Crippen molar-refractivity contribution < 1.29 is 37.0 Å². The fourth-order valence-electron chi connectivity index (χ4n) is 3.88. The van der Waals surface area contributed by atoms with E-state index in [4.69, 9.17) is 14.7 Å². The van der Waals surface area contributed by atoms with Gasteiger partial charge in [-0.2, -0.15) is 5.26 Å². The van der Waals surface area contributed by atoms with Gasteiger partial charge in [0.15, 0.2) is 6.61 Å². The molecule has 1 fully saturated rings. The average Bonchev–Trinajstić information content (AvgIpc) is 2.91. The zero-order valence-corrected chi connectivity index (χ0v) is 21.1. The van der Waals surface area contributed by atoms with Crippen molar-refractivity contribution in [3.63, 3.8) is 0 Å². The Labute approximate surface area is 223 Å². The molecule has 0 unspecified atom stereocenters. The van der Waals surface area contributed by atoms with Crippen LogP contribution in [-0.4, -0.2) is 61.1 Å². The van der Waals surface area contributed by atoms with Crippen molar-refractivity contribution in [3.8, 4) is 6.07 Å². The molecule has 2 aromatic carbocycles. The van der Waals surface area contributed by atoms with Crippen LogP contribution in [0.4, 0.5) is 23.7 Å². The molecule has 0 spiro atoms. The van der Waals surface area contributed by atoms with Gasteiger partial charge in [0.25, 0.3) is 5.92 Å². The highest BCUT2D eigenvalue weighted by molar-refractivity contribution is 5.92. The minimum atomic E-state index is -2.70. The Bertz CT molecular complexity index is 1160. The molecule has 1 aliphatic rings. The van der Waals surface area contributed by atoms with E-state index < -0.39 is 30.6 Å². The van der Waals surface area contributed by atoms with Crippen LogP contribution in [0.25, 0.3) is 0 Å². The van der Waals surface area contributed by atoms with Crippen molar-refractivity contribution in [1.82, 2.24) is 10.2 Å². The summed E-state index contributed by atoms with van der Waals surface area (Å²) in [4.78, 5) is 38.6. The monoisotopic (exact) mass is 546 g/mol. The number of ether oxygens (including phenoxy) is 2. The van der Waals surface area contributed by atoms with Gasteiger partial charge in [-0.25, -0.2) is 22.8 Å². The predicted molar refractivity (Wildman–Crippen MR) is 134 cm³/mol. The summed E-state index contributed by atoms with van der Waals surface area (Å²) in [5.74, 6) is -4.18. The second-order valence-electron chi connectivity index (χ2n) is 9.07. The highest BCUT2D eigenvalue weighted by atomic mass is 19.3. The Morgan fingerprint density at radius 3 is 2.28 bits per heavy atom. The van der Waals surface area contributed by atoms with E-state index in [1.807, 2.05) is 0 Å². The van der Waals surface area contributed by atoms with Crippen LogP contribution in [-0.2, 0) is 32.1 Å². The standard InChI is InChI=1S/C27H29F3N4O5/c28-21-5-1-19(2-6-21)17-24(35)32-22-7-3-20(4-8-22)18-39-26(37)33-23(25(36)38-16-12-31)9-13-34-14-10-27(29,30)11-15-34/h1-8,23H,9-11,13-18H2,(H,32,35)(H,33,37)/t23-/m0/s1. The molecule has 1 atom stereocenters. The molecular formula is C27H29F3N4O5. The van der Waals surface area contributed by atoms with Gasteiger partial charge in [-0.3, -0.25) is 4.79 Å². The molecular weight excluding hydrogens is 517 g/mol. The van der Waals surface area contributed by atoms with E-state index in [9.17, 15) is 27.6 Å². The number of alkyl carbamates (subject to hydrolysis) is 1. The summed E-state index contributed by atoms with van der Waals surface area (Å²) in [6.07, 6.45) is -1.27. The van der Waals surface area contributed by atoms with Crippen molar-refractivity contribution >= 4 is 23.7 Å². The van der Waals surface area contributed by atoms with Crippen LogP contribution in [0.5, 0.6) is 0 Å². The molecule has 1 heterocycles. The number of benzene rings is 2. The number of nitrogens with one attached hydrogen (secondary N) is 2. The number of carbonyl (C=O) groups is 3. The van der Waals surface area contributed by atoms with E-state index in [0.29, 0.717) is 16.8 Å². The average molecular weight is 547 g/mol. The molecule has 0 aliphatic carbocycles. The lowest BCUT2D eigenvalue weighted by atomic mass is 10.1. The first-order valence-corrected chi connectivity index (χ1v) is 12.3. The summed E-state index contributed by atoms with van der Waals surface area (Å²) in [5.41, 5.74) is 1.79. The number of halogens is 3. The van der Waals surface area contributed by atoms with Crippen LogP contribution in [0.1, 0.15) is 30.4 Å². The number of hydrogen-bond acceptors (Lipinski definition) is 7. The third kappa shape index (κ3) is 10.3.